The molecule has 0 amide bonds. The van der Waals surface area contributed by atoms with Gasteiger partial charge in [-0.1, -0.05) is 12.1 Å². The summed E-state index contributed by atoms with van der Waals surface area (Å²) in [6, 6.07) is 5.14. The molecule has 2 heterocycles. The van der Waals surface area contributed by atoms with Crippen molar-refractivity contribution in [2.24, 2.45) is 11.8 Å². The smallest absolute Gasteiger partial charge is 0.216 e. The van der Waals surface area contributed by atoms with Crippen LogP contribution in [0.25, 0.3) is 0 Å². The van der Waals surface area contributed by atoms with Gasteiger partial charge in [0.1, 0.15) is 0 Å². The normalized spacial score (nSPS) is 23.7. The van der Waals surface area contributed by atoms with Crippen molar-refractivity contribution in [3.8, 4) is 0 Å². The molecule has 0 aromatic heterocycles. The molecule has 3 fully saturated rings. The number of rotatable bonds is 5. The van der Waals surface area contributed by atoms with E-state index in [4.69, 9.17) is 0 Å². The molecule has 3 aliphatic rings. The van der Waals surface area contributed by atoms with Crippen molar-refractivity contribution < 1.29 is 17.9 Å². The zero-order valence-electron chi connectivity index (χ0n) is 14.3. The van der Waals surface area contributed by atoms with Gasteiger partial charge < -0.3 is 10.0 Å². The summed E-state index contributed by atoms with van der Waals surface area (Å²) in [6.45, 7) is 2.60. The van der Waals surface area contributed by atoms with Crippen LogP contribution in [-0.2, 0) is 16.6 Å². The van der Waals surface area contributed by atoms with E-state index >= 15 is 0 Å². The van der Waals surface area contributed by atoms with Gasteiger partial charge in [0.15, 0.2) is 5.82 Å². The summed E-state index contributed by atoms with van der Waals surface area (Å²) in [5, 5.41) is 9.07. The summed E-state index contributed by atoms with van der Waals surface area (Å²) in [6.07, 6.45) is 3.45. The van der Waals surface area contributed by atoms with Gasteiger partial charge in [-0.3, -0.25) is 0 Å². The molecule has 0 spiro atoms. The van der Waals surface area contributed by atoms with Gasteiger partial charge in [0, 0.05) is 31.7 Å². The first-order valence-corrected chi connectivity index (χ1v) is 10.6. The van der Waals surface area contributed by atoms with Gasteiger partial charge in [-0.2, -0.15) is 0 Å². The first kappa shape index (κ1) is 17.2. The van der Waals surface area contributed by atoms with Crippen LogP contribution in [0.5, 0.6) is 0 Å². The third-order valence-corrected chi connectivity index (χ3v) is 8.35. The van der Waals surface area contributed by atoms with E-state index in [9.17, 15) is 17.9 Å². The Bertz CT molecular complexity index is 737. The van der Waals surface area contributed by atoms with E-state index in [-0.39, 0.29) is 17.7 Å². The van der Waals surface area contributed by atoms with Gasteiger partial charge in [-0.15, -0.1) is 0 Å². The fourth-order valence-corrected chi connectivity index (χ4v) is 5.99. The van der Waals surface area contributed by atoms with Crippen LogP contribution >= 0.6 is 0 Å². The van der Waals surface area contributed by atoms with E-state index in [0.717, 1.165) is 38.8 Å². The van der Waals surface area contributed by atoms with E-state index in [1.165, 1.54) is 0 Å². The molecule has 2 saturated heterocycles. The Morgan fingerprint density at radius 1 is 1.08 bits per heavy atom. The highest BCUT2D eigenvalue weighted by molar-refractivity contribution is 7.90. The molecule has 138 valence electrons. The number of halogens is 1. The van der Waals surface area contributed by atoms with Crippen molar-refractivity contribution in [1.29, 1.82) is 0 Å². The minimum Gasteiger partial charge on any atom is -0.392 e. The highest BCUT2D eigenvalue weighted by atomic mass is 32.2. The van der Waals surface area contributed by atoms with Crippen molar-refractivity contribution >= 4 is 15.7 Å². The molecule has 0 unspecified atom stereocenters. The number of sulfonamides is 1. The number of hydrogen-bond donors (Lipinski definition) is 1. The largest absolute Gasteiger partial charge is 0.392 e. The number of aliphatic hydroxyl groups is 1. The Kier molecular flexibility index (Phi) is 4.50. The summed E-state index contributed by atoms with van der Waals surface area (Å²) in [4.78, 5) is 2.02. The lowest BCUT2D eigenvalue weighted by atomic mass is 9.80. The average Bonchev–Trinajstić information content (AvgIpc) is 3.41. The summed E-state index contributed by atoms with van der Waals surface area (Å²) >= 11 is 0. The molecule has 1 aromatic rings. The molecular formula is C18H25FN2O3S. The van der Waals surface area contributed by atoms with Crippen LogP contribution in [0.4, 0.5) is 10.1 Å². The second kappa shape index (κ2) is 6.52. The maximum absolute atomic E-state index is 14.3. The van der Waals surface area contributed by atoms with Crippen LogP contribution in [0.1, 0.15) is 31.2 Å². The third kappa shape index (κ3) is 3.17. The predicted molar refractivity (Wildman–Crippen MR) is 94.3 cm³/mol. The van der Waals surface area contributed by atoms with Crippen molar-refractivity contribution in [3.63, 3.8) is 0 Å². The molecule has 1 saturated carbocycles. The predicted octanol–water partition coefficient (Wildman–Crippen LogP) is 1.96. The lowest BCUT2D eigenvalue weighted by molar-refractivity contribution is 0.180. The summed E-state index contributed by atoms with van der Waals surface area (Å²) in [5.41, 5.74) is 0.899. The van der Waals surface area contributed by atoms with Crippen molar-refractivity contribution in [1.82, 2.24) is 4.31 Å². The highest BCUT2D eigenvalue weighted by Crippen LogP contribution is 2.38. The standard InChI is InChI=1S/C18H25FN2O3S/c19-18-14(12-22)2-1-3-17(18)20-10-15(11-20)13-6-8-21(9-7-13)25(23,24)16-4-5-16/h1-3,13,15-16,22H,4-12H2. The number of benzene rings is 1. The number of hydrogen-bond acceptors (Lipinski definition) is 4. The van der Waals surface area contributed by atoms with Gasteiger partial charge in [-0.05, 0) is 43.6 Å². The van der Waals surface area contributed by atoms with Gasteiger partial charge in [0.25, 0.3) is 0 Å². The third-order valence-electron chi connectivity index (χ3n) is 5.95. The van der Waals surface area contributed by atoms with Crippen LogP contribution in [0.2, 0.25) is 0 Å². The Hall–Kier alpha value is -1.18. The Morgan fingerprint density at radius 3 is 2.36 bits per heavy atom. The van der Waals surface area contributed by atoms with Crippen LogP contribution < -0.4 is 4.90 Å². The van der Waals surface area contributed by atoms with Gasteiger partial charge in [-0.25, -0.2) is 17.1 Å². The second-order valence-corrected chi connectivity index (χ2v) is 9.77. The summed E-state index contributed by atoms with van der Waals surface area (Å²) in [5.74, 6) is 0.697. The van der Waals surface area contributed by atoms with Gasteiger partial charge in [0.05, 0.1) is 17.5 Å². The first-order chi connectivity index (χ1) is 12.0. The number of anilines is 1. The molecular weight excluding hydrogens is 343 g/mol. The topological polar surface area (TPSA) is 60.9 Å². The Morgan fingerprint density at radius 2 is 1.76 bits per heavy atom. The van der Waals surface area contributed by atoms with Crippen molar-refractivity contribution in [3.05, 3.63) is 29.6 Å². The lowest BCUT2D eigenvalue weighted by Crippen LogP contribution is -2.53. The fraction of sp³-hybridized carbons (Fsp3) is 0.667. The fourth-order valence-electron chi connectivity index (χ4n) is 4.12. The Labute approximate surface area is 148 Å². The molecule has 0 atom stereocenters. The number of nitrogens with zero attached hydrogens (tertiary/aromatic N) is 2. The monoisotopic (exact) mass is 368 g/mol. The minimum atomic E-state index is -3.04. The SMILES string of the molecule is O=S(=O)(C1CC1)N1CCC(C2CN(c3cccc(CO)c3F)C2)CC1. The summed E-state index contributed by atoms with van der Waals surface area (Å²) in [7, 11) is -3.04. The first-order valence-electron chi connectivity index (χ1n) is 9.13. The van der Waals surface area contributed by atoms with Crippen LogP contribution in [0.15, 0.2) is 18.2 Å². The number of piperidine rings is 1. The molecule has 0 bridgehead atoms. The molecule has 2 aliphatic heterocycles. The second-order valence-electron chi connectivity index (χ2n) is 7.55. The maximum atomic E-state index is 14.3. The molecule has 25 heavy (non-hydrogen) atoms. The van der Waals surface area contributed by atoms with Gasteiger partial charge in [0.2, 0.25) is 10.0 Å². The summed E-state index contributed by atoms with van der Waals surface area (Å²) < 4.78 is 40.6. The van der Waals surface area contributed by atoms with Crippen LogP contribution in [-0.4, -0.2) is 49.3 Å². The Balaban J connectivity index is 1.32. The molecule has 1 aromatic carbocycles. The highest BCUT2D eigenvalue weighted by Gasteiger charge is 2.43. The minimum absolute atomic E-state index is 0.120. The van der Waals surface area contributed by atoms with E-state index in [1.54, 1.807) is 22.5 Å². The molecule has 0 radical (unpaired) electrons. The molecule has 5 nitrogen and oxygen atoms in total. The van der Waals surface area contributed by atoms with Crippen LogP contribution in [0, 0.1) is 17.7 Å². The lowest BCUT2D eigenvalue weighted by Gasteiger charge is -2.47. The molecule has 4 rings (SSSR count). The zero-order valence-corrected chi connectivity index (χ0v) is 15.1. The van der Waals surface area contributed by atoms with E-state index in [1.807, 2.05) is 4.90 Å². The van der Waals surface area contributed by atoms with E-state index < -0.39 is 10.0 Å². The van der Waals surface area contributed by atoms with E-state index in [2.05, 4.69) is 0 Å². The maximum Gasteiger partial charge on any atom is 0.216 e. The molecule has 1 aliphatic carbocycles. The quantitative estimate of drug-likeness (QED) is 0.863. The van der Waals surface area contributed by atoms with Crippen LogP contribution in [0.3, 0.4) is 0 Å². The molecule has 1 N–H and O–H groups in total. The van der Waals surface area contributed by atoms with Crippen molar-refractivity contribution in [2.75, 3.05) is 31.1 Å². The van der Waals surface area contributed by atoms with E-state index in [0.29, 0.717) is 36.2 Å². The average molecular weight is 368 g/mol. The van der Waals surface area contributed by atoms with Crippen molar-refractivity contribution in [2.45, 2.75) is 37.5 Å². The van der Waals surface area contributed by atoms with Gasteiger partial charge >= 0.3 is 0 Å². The zero-order chi connectivity index (χ0) is 17.6. The molecule has 7 heteroatoms. The number of aliphatic hydroxyl groups excluding tert-OH is 1.